The minimum absolute atomic E-state index is 0. The second kappa shape index (κ2) is 3.58. The summed E-state index contributed by atoms with van der Waals surface area (Å²) in [4.78, 5) is 7.90. The molecule has 2 aromatic heterocycles. The van der Waals surface area contributed by atoms with Crippen molar-refractivity contribution < 1.29 is 32.7 Å². The minimum atomic E-state index is 0. The maximum Gasteiger partial charge on any atom is 0.136 e. The Kier molecular flexibility index (Phi) is 2.91. The molecule has 12 heavy (non-hydrogen) atoms. The second-order valence-electron chi connectivity index (χ2n) is 2.41. The van der Waals surface area contributed by atoms with Crippen LogP contribution in [0.3, 0.4) is 0 Å². The van der Waals surface area contributed by atoms with Gasteiger partial charge in [0.25, 0.3) is 0 Å². The first-order chi connectivity index (χ1) is 5.29. The van der Waals surface area contributed by atoms with E-state index >= 15 is 0 Å². The van der Waals surface area contributed by atoms with Gasteiger partial charge in [0, 0.05) is 32.7 Å². The summed E-state index contributed by atoms with van der Waals surface area (Å²) in [5.41, 5.74) is 2.04. The molecule has 59 valence electrons. The molecule has 0 aromatic carbocycles. The number of aromatic nitrogens is 4. The van der Waals surface area contributed by atoms with E-state index in [4.69, 9.17) is 0 Å². The van der Waals surface area contributed by atoms with Crippen molar-refractivity contribution in [2.24, 2.45) is 0 Å². The van der Waals surface area contributed by atoms with Crippen LogP contribution in [0.4, 0.5) is 0 Å². The number of aryl methyl sites for hydroxylation is 2. The molecule has 0 amide bonds. The average Bonchev–Trinajstić information content (AvgIpc) is 2.45. The summed E-state index contributed by atoms with van der Waals surface area (Å²) >= 11 is 0. The Hall–Kier alpha value is -0.346. The van der Waals surface area contributed by atoms with Gasteiger partial charge in [-0.3, -0.25) is 4.98 Å². The normalized spacial score (nSPS) is 9.83. The van der Waals surface area contributed by atoms with Crippen LogP contribution in [-0.2, 0) is 32.7 Å². The van der Waals surface area contributed by atoms with Crippen LogP contribution >= 0.6 is 0 Å². The minimum Gasteiger partial charge on any atom is -0.352 e. The Morgan fingerprint density at radius 3 is 2.92 bits per heavy atom. The van der Waals surface area contributed by atoms with Crippen molar-refractivity contribution in [1.82, 2.24) is 19.6 Å². The van der Waals surface area contributed by atoms with Gasteiger partial charge in [0.2, 0.25) is 0 Å². The van der Waals surface area contributed by atoms with Gasteiger partial charge in [-0.15, -0.1) is 5.56 Å². The van der Waals surface area contributed by atoms with Crippen LogP contribution in [0.2, 0.25) is 0 Å². The molecule has 5 heteroatoms. The van der Waals surface area contributed by atoms with Gasteiger partial charge < -0.3 is 9.50 Å². The first-order valence-electron chi connectivity index (χ1n) is 3.33. The van der Waals surface area contributed by atoms with E-state index in [0.29, 0.717) is 5.78 Å². The van der Waals surface area contributed by atoms with Gasteiger partial charge in [-0.25, -0.2) is 0 Å². The van der Waals surface area contributed by atoms with E-state index in [9.17, 15) is 0 Å². The quantitative estimate of drug-likeness (QED) is 0.627. The van der Waals surface area contributed by atoms with Crippen LogP contribution in [0.25, 0.3) is 5.78 Å². The fourth-order valence-electron chi connectivity index (χ4n) is 0.922. The fraction of sp³-hybridized carbons (Fsp3) is 0.286. The molecule has 1 radical (unpaired) electrons. The van der Waals surface area contributed by atoms with Gasteiger partial charge in [0.05, 0.1) is 0 Å². The predicted octanol–water partition coefficient (Wildman–Crippen LogP) is 0.539. The van der Waals surface area contributed by atoms with Crippen molar-refractivity contribution in [1.29, 1.82) is 0 Å². The van der Waals surface area contributed by atoms with Gasteiger partial charge in [-0.1, -0.05) is 25.7 Å². The molecule has 0 fully saturated rings. The van der Waals surface area contributed by atoms with Crippen LogP contribution in [0.5, 0.6) is 0 Å². The van der Waals surface area contributed by atoms with Crippen molar-refractivity contribution in [2.75, 3.05) is 0 Å². The molecule has 0 aliphatic heterocycles. The number of fused-ring (bicyclic) bond motifs is 1. The first kappa shape index (κ1) is 9.74. The Bertz CT molecular complexity index is 395. The van der Waals surface area contributed by atoms with Crippen molar-refractivity contribution in [3.8, 4) is 0 Å². The van der Waals surface area contributed by atoms with E-state index in [1.54, 1.807) is 4.52 Å². The predicted molar refractivity (Wildman–Crippen MR) is 39.1 cm³/mol. The molecule has 0 N–H and O–H groups in total. The number of hydrogen-bond donors (Lipinski definition) is 0. The molecule has 0 saturated carbocycles. The molecule has 0 unspecified atom stereocenters. The van der Waals surface area contributed by atoms with Crippen LogP contribution in [0.1, 0.15) is 11.3 Å². The second-order valence-corrected chi connectivity index (χ2v) is 2.41. The van der Waals surface area contributed by atoms with Crippen LogP contribution in [0.15, 0.2) is 6.33 Å². The van der Waals surface area contributed by atoms with Gasteiger partial charge in [0.15, 0.2) is 0 Å². The van der Waals surface area contributed by atoms with E-state index in [1.807, 2.05) is 13.8 Å². The van der Waals surface area contributed by atoms with E-state index < -0.39 is 0 Å². The van der Waals surface area contributed by atoms with Gasteiger partial charge in [0.1, 0.15) is 12.1 Å². The number of rotatable bonds is 0. The zero-order chi connectivity index (χ0) is 7.84. The third kappa shape index (κ3) is 1.41. The number of hydrogen-bond acceptors (Lipinski definition) is 3. The summed E-state index contributed by atoms with van der Waals surface area (Å²) in [5, 5.41) is 4.00. The van der Waals surface area contributed by atoms with E-state index in [-0.39, 0.29) is 32.7 Å². The molecule has 0 saturated heterocycles. The monoisotopic (exact) mass is 236 g/mol. The Morgan fingerprint density at radius 2 is 2.17 bits per heavy atom. The molecule has 0 aliphatic rings. The van der Waals surface area contributed by atoms with Crippen molar-refractivity contribution in [3.63, 3.8) is 0 Å². The van der Waals surface area contributed by atoms with Crippen LogP contribution < -0.4 is 0 Å². The summed E-state index contributed by atoms with van der Waals surface area (Å²) in [6.45, 7) is 3.92. The Morgan fingerprint density at radius 1 is 1.42 bits per heavy atom. The smallest absolute Gasteiger partial charge is 0.136 e. The molecule has 2 rings (SSSR count). The number of nitrogens with zero attached hydrogens (tertiary/aromatic N) is 4. The molecule has 0 atom stereocenters. The first-order valence-corrected chi connectivity index (χ1v) is 3.33. The summed E-state index contributed by atoms with van der Waals surface area (Å²) in [5.74, 6) is 0.605. The van der Waals surface area contributed by atoms with E-state index in [2.05, 4.69) is 21.3 Å². The summed E-state index contributed by atoms with van der Waals surface area (Å²) in [6, 6.07) is 0. The topological polar surface area (TPSA) is 43.1 Å². The molecular weight excluding hydrogens is 229 g/mol. The Balaban J connectivity index is 0.000000720. The van der Waals surface area contributed by atoms with Crippen molar-refractivity contribution >= 4 is 5.78 Å². The zero-order valence-corrected chi connectivity index (χ0v) is 9.78. The third-order valence-corrected chi connectivity index (χ3v) is 1.71. The SMILES string of the molecule is Cc1[c-]nc2ncnn2c1C.[Y]. The third-order valence-electron chi connectivity index (χ3n) is 1.71. The van der Waals surface area contributed by atoms with Gasteiger partial charge >= 0.3 is 0 Å². The maximum absolute atomic E-state index is 4.00. The van der Waals surface area contributed by atoms with Gasteiger partial charge in [-0.2, -0.15) is 5.10 Å². The largest absolute Gasteiger partial charge is 0.352 e. The van der Waals surface area contributed by atoms with Crippen LogP contribution in [0, 0.1) is 20.0 Å². The van der Waals surface area contributed by atoms with E-state index in [1.165, 1.54) is 6.33 Å². The van der Waals surface area contributed by atoms with E-state index in [0.717, 1.165) is 11.3 Å². The Labute approximate surface area is 95.3 Å². The molecule has 2 heterocycles. The molecule has 2 aromatic rings. The van der Waals surface area contributed by atoms with Crippen molar-refractivity contribution in [3.05, 3.63) is 23.8 Å². The van der Waals surface area contributed by atoms with Gasteiger partial charge in [-0.05, 0) is 0 Å². The van der Waals surface area contributed by atoms with Crippen molar-refractivity contribution in [2.45, 2.75) is 13.8 Å². The summed E-state index contributed by atoms with van der Waals surface area (Å²) in [6.07, 6.45) is 4.34. The average molecular weight is 236 g/mol. The molecule has 4 nitrogen and oxygen atoms in total. The molecule has 0 spiro atoms. The maximum atomic E-state index is 4.00. The molecular formula is C7H7N4Y-. The molecule has 0 bridgehead atoms. The summed E-state index contributed by atoms with van der Waals surface area (Å²) < 4.78 is 1.70. The zero-order valence-electron chi connectivity index (χ0n) is 6.94. The standard InChI is InChI=1S/C7H7N4.Y/c1-5-3-8-7-9-4-10-11(7)6(5)2;/h4H,1-2H3;/q-1;. The summed E-state index contributed by atoms with van der Waals surface area (Å²) in [7, 11) is 0. The van der Waals surface area contributed by atoms with Crippen LogP contribution in [-0.4, -0.2) is 19.6 Å². The fourth-order valence-corrected chi connectivity index (χ4v) is 0.922. The molecule has 0 aliphatic carbocycles.